The largest absolute Gasteiger partial charge is 0.497 e. The minimum absolute atomic E-state index is 0.256. The van der Waals surface area contributed by atoms with E-state index in [4.69, 9.17) is 18.9 Å². The molecular formula is C15H24N2O5. The number of urea groups is 1. The van der Waals surface area contributed by atoms with Gasteiger partial charge in [0.1, 0.15) is 11.5 Å². The molecule has 0 saturated carbocycles. The third-order valence-corrected chi connectivity index (χ3v) is 2.79. The molecule has 0 aliphatic rings. The summed E-state index contributed by atoms with van der Waals surface area (Å²) in [7, 11) is 3.09. The van der Waals surface area contributed by atoms with Crippen LogP contribution in [0.4, 0.5) is 10.5 Å². The lowest BCUT2D eigenvalue weighted by atomic mass is 10.2. The number of anilines is 1. The second-order valence-corrected chi connectivity index (χ2v) is 4.24. The molecule has 0 bridgehead atoms. The number of nitrogens with one attached hydrogen (secondary N) is 2. The average molecular weight is 312 g/mol. The van der Waals surface area contributed by atoms with E-state index in [1.54, 1.807) is 25.3 Å². The summed E-state index contributed by atoms with van der Waals surface area (Å²) < 4.78 is 21.0. The van der Waals surface area contributed by atoms with Crippen LogP contribution in [0.3, 0.4) is 0 Å². The Labute approximate surface area is 130 Å². The number of amides is 2. The Balaban J connectivity index is 2.57. The summed E-state index contributed by atoms with van der Waals surface area (Å²) in [4.78, 5) is 11.9. The Kier molecular flexibility index (Phi) is 8.09. The van der Waals surface area contributed by atoms with Crippen LogP contribution in [-0.4, -0.2) is 46.3 Å². The van der Waals surface area contributed by atoms with Crippen molar-refractivity contribution in [2.75, 3.05) is 39.3 Å². The molecule has 0 fully saturated rings. The summed E-state index contributed by atoms with van der Waals surface area (Å²) >= 11 is 0. The minimum atomic E-state index is -0.460. The molecule has 124 valence electrons. The Bertz CT molecular complexity index is 461. The van der Waals surface area contributed by atoms with Crippen molar-refractivity contribution < 1.29 is 23.7 Å². The van der Waals surface area contributed by atoms with E-state index >= 15 is 0 Å². The van der Waals surface area contributed by atoms with Gasteiger partial charge in [0, 0.05) is 19.3 Å². The number of hydrogen-bond acceptors (Lipinski definition) is 5. The van der Waals surface area contributed by atoms with E-state index in [1.807, 2.05) is 13.8 Å². The van der Waals surface area contributed by atoms with Crippen molar-refractivity contribution in [1.82, 2.24) is 5.32 Å². The van der Waals surface area contributed by atoms with Crippen molar-refractivity contribution in [3.63, 3.8) is 0 Å². The van der Waals surface area contributed by atoms with Crippen LogP contribution in [-0.2, 0) is 9.47 Å². The number of hydrogen-bond donors (Lipinski definition) is 2. The zero-order valence-corrected chi connectivity index (χ0v) is 13.5. The molecule has 2 N–H and O–H groups in total. The number of methoxy groups -OCH3 is 2. The van der Waals surface area contributed by atoms with Crippen molar-refractivity contribution in [1.29, 1.82) is 0 Å². The molecule has 2 amide bonds. The number of carbonyl (C=O) groups is 1. The maximum absolute atomic E-state index is 11.9. The first-order valence-electron chi connectivity index (χ1n) is 7.14. The molecule has 7 nitrogen and oxygen atoms in total. The molecule has 0 unspecified atom stereocenters. The second kappa shape index (κ2) is 9.86. The zero-order chi connectivity index (χ0) is 16.4. The first-order chi connectivity index (χ1) is 10.6. The molecule has 0 heterocycles. The zero-order valence-electron chi connectivity index (χ0n) is 13.5. The molecule has 0 atom stereocenters. The van der Waals surface area contributed by atoms with Gasteiger partial charge in [-0.1, -0.05) is 0 Å². The van der Waals surface area contributed by atoms with Crippen LogP contribution >= 0.6 is 0 Å². The van der Waals surface area contributed by atoms with Gasteiger partial charge >= 0.3 is 6.03 Å². The highest BCUT2D eigenvalue weighted by Crippen LogP contribution is 2.28. The van der Waals surface area contributed by atoms with Gasteiger partial charge in [0.2, 0.25) is 0 Å². The Morgan fingerprint density at radius 3 is 2.36 bits per heavy atom. The standard InChI is InChI=1S/C15H24N2O5/c1-5-21-14(22-6-2)10-16-15(18)17-12-8-7-11(19-3)9-13(12)20-4/h7-9,14H,5-6,10H2,1-4H3,(H2,16,17,18). The van der Waals surface area contributed by atoms with E-state index in [2.05, 4.69) is 10.6 Å². The number of benzene rings is 1. The van der Waals surface area contributed by atoms with Crippen LogP contribution < -0.4 is 20.1 Å². The molecule has 0 spiro atoms. The van der Waals surface area contributed by atoms with Crippen LogP contribution in [0.15, 0.2) is 18.2 Å². The maximum atomic E-state index is 11.9. The number of ether oxygens (including phenoxy) is 4. The normalized spacial score (nSPS) is 10.4. The lowest BCUT2D eigenvalue weighted by Crippen LogP contribution is -2.37. The Morgan fingerprint density at radius 2 is 1.82 bits per heavy atom. The summed E-state index contributed by atoms with van der Waals surface area (Å²) in [5, 5.41) is 5.40. The summed E-state index contributed by atoms with van der Waals surface area (Å²) in [6, 6.07) is 4.77. The summed E-state index contributed by atoms with van der Waals surface area (Å²) in [5.74, 6) is 1.16. The van der Waals surface area contributed by atoms with Crippen molar-refractivity contribution in [3.8, 4) is 11.5 Å². The van der Waals surface area contributed by atoms with Crippen molar-refractivity contribution in [2.24, 2.45) is 0 Å². The quantitative estimate of drug-likeness (QED) is 0.684. The first kappa shape index (κ1) is 18.1. The van der Waals surface area contributed by atoms with Gasteiger partial charge in [-0.3, -0.25) is 0 Å². The highest BCUT2D eigenvalue weighted by Gasteiger charge is 2.12. The van der Waals surface area contributed by atoms with Gasteiger partial charge in [0.25, 0.3) is 0 Å². The monoisotopic (exact) mass is 312 g/mol. The van der Waals surface area contributed by atoms with E-state index in [0.29, 0.717) is 30.4 Å². The average Bonchev–Trinajstić information content (AvgIpc) is 2.53. The number of carbonyl (C=O) groups excluding carboxylic acids is 1. The van der Waals surface area contributed by atoms with Crippen LogP contribution in [0.25, 0.3) is 0 Å². The fourth-order valence-corrected chi connectivity index (χ4v) is 1.78. The third kappa shape index (κ3) is 5.79. The van der Waals surface area contributed by atoms with Crippen molar-refractivity contribution >= 4 is 11.7 Å². The molecule has 0 aliphatic carbocycles. The Hall–Kier alpha value is -1.99. The van der Waals surface area contributed by atoms with E-state index in [1.165, 1.54) is 7.11 Å². The van der Waals surface area contributed by atoms with Crippen LogP contribution in [0.5, 0.6) is 11.5 Å². The highest BCUT2D eigenvalue weighted by atomic mass is 16.7. The van der Waals surface area contributed by atoms with E-state index < -0.39 is 6.29 Å². The Morgan fingerprint density at radius 1 is 1.14 bits per heavy atom. The first-order valence-corrected chi connectivity index (χ1v) is 7.14. The van der Waals surface area contributed by atoms with Crippen LogP contribution in [0.2, 0.25) is 0 Å². The molecule has 7 heteroatoms. The van der Waals surface area contributed by atoms with E-state index in [-0.39, 0.29) is 12.6 Å². The minimum Gasteiger partial charge on any atom is -0.497 e. The molecular weight excluding hydrogens is 288 g/mol. The smallest absolute Gasteiger partial charge is 0.319 e. The lowest BCUT2D eigenvalue weighted by molar-refractivity contribution is -0.131. The molecule has 22 heavy (non-hydrogen) atoms. The molecule has 0 radical (unpaired) electrons. The van der Waals surface area contributed by atoms with Crippen LogP contribution in [0.1, 0.15) is 13.8 Å². The maximum Gasteiger partial charge on any atom is 0.319 e. The molecule has 1 aromatic carbocycles. The summed E-state index contributed by atoms with van der Waals surface area (Å²) in [5.41, 5.74) is 0.546. The lowest BCUT2D eigenvalue weighted by Gasteiger charge is -2.18. The van der Waals surface area contributed by atoms with Crippen molar-refractivity contribution in [3.05, 3.63) is 18.2 Å². The molecule has 1 rings (SSSR count). The molecule has 0 aliphatic heterocycles. The fourth-order valence-electron chi connectivity index (χ4n) is 1.78. The van der Waals surface area contributed by atoms with Gasteiger partial charge in [-0.2, -0.15) is 0 Å². The van der Waals surface area contributed by atoms with E-state index in [0.717, 1.165) is 0 Å². The highest BCUT2D eigenvalue weighted by molar-refractivity contribution is 5.91. The van der Waals surface area contributed by atoms with Gasteiger partial charge in [0.05, 0.1) is 26.5 Å². The summed E-state index contributed by atoms with van der Waals surface area (Å²) in [6.07, 6.45) is -0.460. The van der Waals surface area contributed by atoms with Gasteiger partial charge < -0.3 is 29.6 Å². The number of rotatable bonds is 9. The molecule has 1 aromatic rings. The predicted molar refractivity (Wildman–Crippen MR) is 83.6 cm³/mol. The topological polar surface area (TPSA) is 78.1 Å². The molecule has 0 aromatic heterocycles. The molecule has 0 saturated heterocycles. The fraction of sp³-hybridized carbons (Fsp3) is 0.533. The summed E-state index contributed by atoms with van der Waals surface area (Å²) in [6.45, 7) is 5.02. The van der Waals surface area contributed by atoms with E-state index in [9.17, 15) is 4.79 Å². The van der Waals surface area contributed by atoms with Crippen LogP contribution in [0, 0.1) is 0 Å². The van der Waals surface area contributed by atoms with Gasteiger partial charge in [-0.25, -0.2) is 4.79 Å². The van der Waals surface area contributed by atoms with Gasteiger partial charge in [-0.15, -0.1) is 0 Å². The SMILES string of the molecule is CCOC(CNC(=O)Nc1ccc(OC)cc1OC)OCC. The van der Waals surface area contributed by atoms with Gasteiger partial charge in [-0.05, 0) is 26.0 Å². The predicted octanol–water partition coefficient (Wildman–Crippen LogP) is 2.22. The third-order valence-electron chi connectivity index (χ3n) is 2.79. The van der Waals surface area contributed by atoms with Gasteiger partial charge in [0.15, 0.2) is 6.29 Å². The van der Waals surface area contributed by atoms with Crippen molar-refractivity contribution in [2.45, 2.75) is 20.1 Å². The second-order valence-electron chi connectivity index (χ2n) is 4.24.